The zero-order chi connectivity index (χ0) is 41.5. The molecular weight excluding hydrogens is 725 g/mol. The molecule has 0 aromatic heterocycles. The van der Waals surface area contributed by atoms with Crippen molar-refractivity contribution in [3.63, 3.8) is 0 Å². The summed E-state index contributed by atoms with van der Waals surface area (Å²) in [4.78, 5) is 98.3. The number of aliphatic carboxylic acids is 1. The summed E-state index contributed by atoms with van der Waals surface area (Å²) < 4.78 is 4.79. The van der Waals surface area contributed by atoms with Gasteiger partial charge in [-0.3, -0.25) is 38.5 Å². The summed E-state index contributed by atoms with van der Waals surface area (Å²) in [6, 6.07) is 6.46. The molecule has 0 saturated carbocycles. The highest BCUT2D eigenvalue weighted by molar-refractivity contribution is 7.39. The van der Waals surface area contributed by atoms with Gasteiger partial charge in [-0.2, -0.15) is 0 Å². The van der Waals surface area contributed by atoms with Gasteiger partial charge in [0.25, 0.3) is 11.8 Å². The average molecular weight is 782 g/mol. The Labute approximate surface area is 318 Å². The lowest BCUT2D eigenvalue weighted by Gasteiger charge is -2.17. The number of rotatable bonds is 19. The van der Waals surface area contributed by atoms with E-state index in [0.29, 0.717) is 50.4 Å². The highest BCUT2D eigenvalue weighted by Crippen LogP contribution is 2.11. The fourth-order valence-corrected chi connectivity index (χ4v) is 3.63. The van der Waals surface area contributed by atoms with Gasteiger partial charge in [0.1, 0.15) is 6.61 Å². The molecule has 18 nitrogen and oxygen atoms in total. The van der Waals surface area contributed by atoms with Crippen LogP contribution in [0.2, 0.25) is 0 Å². The van der Waals surface area contributed by atoms with Crippen molar-refractivity contribution in [3.8, 4) is 0 Å². The van der Waals surface area contributed by atoms with Crippen molar-refractivity contribution in [2.45, 2.75) is 85.8 Å². The van der Waals surface area contributed by atoms with Crippen LogP contribution in [0.1, 0.15) is 78.7 Å². The van der Waals surface area contributed by atoms with E-state index in [1.165, 1.54) is 17.1 Å². The Morgan fingerprint density at radius 3 is 1.94 bits per heavy atom. The number of hydrogen-bond acceptors (Lipinski definition) is 10. The number of ether oxygens (including phenoxy) is 1. The van der Waals surface area contributed by atoms with Crippen LogP contribution >= 0.6 is 9.24 Å². The maximum atomic E-state index is 11.7. The first-order chi connectivity index (χ1) is 25.5. The number of carbonyl (C=O) groups is 9. The summed E-state index contributed by atoms with van der Waals surface area (Å²) in [6.45, 7) is 10.7. The van der Waals surface area contributed by atoms with Crippen LogP contribution in [0.3, 0.4) is 0 Å². The van der Waals surface area contributed by atoms with Crippen LogP contribution in [-0.2, 0) is 44.9 Å². The third kappa shape index (κ3) is 29.2. The number of nitrogens with zero attached hydrogens (tertiary/aromatic N) is 1. The van der Waals surface area contributed by atoms with Crippen LogP contribution in [0.25, 0.3) is 0 Å². The van der Waals surface area contributed by atoms with Crippen LogP contribution in [-0.4, -0.2) is 95.9 Å². The standard InChI is InChI=1S/C17H27N3O4.C11H13N2O4P.C4H10N2O.C3H6O2/c1-12(2)13(3)19-15(22)11-18-14(21)7-5-4-6-10-20-16(23)8-9-17(20)24;14-7-12-5-10(15)13-9-3-1-8(2-4-9)6-17-11(16)18;1-2-3-6-4(5)7;1-2-3(4)5/h8-9,12-13H,4-7,10-11H2,1-3H3,(H,18,21)(H,19,22);1-4,7H,5-6,18H2,(H,12,14)(H,13,15);2-3H2,1H3,(H3,5,6,7);2H2,1H3,(H,4,5). The molecule has 1 aliphatic heterocycles. The summed E-state index contributed by atoms with van der Waals surface area (Å²) in [6.07, 6.45) is 6.53. The zero-order valence-corrected chi connectivity index (χ0v) is 32.8. The predicted molar refractivity (Wildman–Crippen MR) is 205 cm³/mol. The van der Waals surface area contributed by atoms with Gasteiger partial charge in [0.2, 0.25) is 24.1 Å². The first-order valence-corrected chi connectivity index (χ1v) is 17.9. The summed E-state index contributed by atoms with van der Waals surface area (Å²) in [5.74, 6) is -1.63. The van der Waals surface area contributed by atoms with Crippen molar-refractivity contribution in [2.75, 3.05) is 31.5 Å². The number of unbranched alkanes of at least 4 members (excludes halogenated alkanes) is 2. The molecule has 0 spiro atoms. The van der Waals surface area contributed by atoms with Gasteiger partial charge < -0.3 is 42.2 Å². The van der Waals surface area contributed by atoms with E-state index in [-0.39, 0.29) is 61.7 Å². The topological polar surface area (TPSA) is 272 Å². The second kappa shape index (κ2) is 31.2. The molecule has 54 heavy (non-hydrogen) atoms. The molecular formula is C35H56N7O11P. The Hall–Kier alpha value is -5.38. The molecule has 2 rings (SSSR count). The monoisotopic (exact) mass is 781 g/mol. The van der Waals surface area contributed by atoms with Gasteiger partial charge >= 0.3 is 17.7 Å². The third-order valence-electron chi connectivity index (χ3n) is 6.84. The number of nitrogens with two attached hydrogens (primary N) is 1. The lowest BCUT2D eigenvalue weighted by atomic mass is 10.1. The van der Waals surface area contributed by atoms with Crippen LogP contribution < -0.4 is 32.3 Å². The van der Waals surface area contributed by atoms with E-state index in [1.807, 2.05) is 36.9 Å². The highest BCUT2D eigenvalue weighted by atomic mass is 31.0. The fraction of sp³-hybridized carbons (Fsp3) is 0.514. The summed E-state index contributed by atoms with van der Waals surface area (Å²) in [7, 11) is 1.92. The van der Waals surface area contributed by atoms with Gasteiger partial charge in [-0.05, 0) is 59.0 Å². The van der Waals surface area contributed by atoms with Crippen molar-refractivity contribution < 1.29 is 53.0 Å². The van der Waals surface area contributed by atoms with E-state index in [4.69, 9.17) is 15.6 Å². The lowest BCUT2D eigenvalue weighted by Crippen LogP contribution is -2.42. The number of nitrogens with one attached hydrogen (secondary N) is 5. The fourth-order valence-electron chi connectivity index (χ4n) is 3.55. The van der Waals surface area contributed by atoms with Gasteiger partial charge in [-0.15, -0.1) is 0 Å². The normalized spacial score (nSPS) is 11.6. The summed E-state index contributed by atoms with van der Waals surface area (Å²) >= 11 is 0. The van der Waals surface area contributed by atoms with Crippen LogP contribution in [0.4, 0.5) is 15.3 Å². The first kappa shape index (κ1) is 50.7. The molecule has 0 fully saturated rings. The third-order valence-corrected chi connectivity index (χ3v) is 7.00. The van der Waals surface area contributed by atoms with E-state index in [1.54, 1.807) is 31.2 Å². The largest absolute Gasteiger partial charge is 0.481 e. The maximum absolute atomic E-state index is 11.7. The minimum Gasteiger partial charge on any atom is -0.481 e. The Bertz CT molecular complexity index is 1370. The van der Waals surface area contributed by atoms with E-state index in [0.717, 1.165) is 18.4 Å². The number of carboxylic acids is 1. The molecule has 2 atom stereocenters. The number of urea groups is 1. The number of carboxylic acid groups (broad SMARTS) is 1. The smallest absolute Gasteiger partial charge is 0.320 e. The number of carbonyl (C=O) groups excluding carboxylic acids is 8. The molecule has 0 aliphatic carbocycles. The number of amides is 8. The molecule has 8 amide bonds. The number of imide groups is 1. The maximum Gasteiger partial charge on any atom is 0.320 e. The molecule has 19 heteroatoms. The highest BCUT2D eigenvalue weighted by Gasteiger charge is 2.22. The molecule has 1 heterocycles. The molecule has 1 aromatic rings. The minimum absolute atomic E-state index is 0.0155. The Balaban J connectivity index is 0. The second-order valence-corrected chi connectivity index (χ2v) is 12.2. The van der Waals surface area contributed by atoms with E-state index in [9.17, 15) is 43.2 Å². The number of anilines is 1. The molecule has 8 N–H and O–H groups in total. The molecule has 302 valence electrons. The van der Waals surface area contributed by atoms with Gasteiger partial charge in [0.05, 0.1) is 13.1 Å². The average Bonchev–Trinajstić information content (AvgIpc) is 3.44. The van der Waals surface area contributed by atoms with E-state index in [2.05, 4.69) is 26.6 Å². The van der Waals surface area contributed by atoms with Crippen LogP contribution in [0.5, 0.6) is 0 Å². The second-order valence-electron chi connectivity index (χ2n) is 11.7. The zero-order valence-electron chi connectivity index (χ0n) is 31.6. The van der Waals surface area contributed by atoms with Gasteiger partial charge in [-0.25, -0.2) is 9.59 Å². The molecule has 0 radical (unpaired) electrons. The molecule has 1 aromatic carbocycles. The molecule has 0 saturated heterocycles. The first-order valence-electron chi connectivity index (χ1n) is 17.3. The quantitative estimate of drug-likeness (QED) is 0.0463. The van der Waals surface area contributed by atoms with E-state index >= 15 is 0 Å². The van der Waals surface area contributed by atoms with Gasteiger partial charge in [-0.1, -0.05) is 46.2 Å². The Morgan fingerprint density at radius 2 is 1.48 bits per heavy atom. The molecule has 1 aliphatic rings. The summed E-state index contributed by atoms with van der Waals surface area (Å²) in [5.41, 5.74) is 5.72. The van der Waals surface area contributed by atoms with Crippen molar-refractivity contribution in [3.05, 3.63) is 42.0 Å². The predicted octanol–water partition coefficient (Wildman–Crippen LogP) is 2.18. The van der Waals surface area contributed by atoms with Crippen LogP contribution in [0.15, 0.2) is 36.4 Å². The SMILES string of the molecule is CC(C)C(C)NC(=O)CNC(=O)CCCCCN1C(=O)C=CC1=O.CCC(=O)O.CCCNC(N)=O.O=CNCC(=O)Nc1ccc(COC(=O)P)cc1. The number of primary amides is 1. The van der Waals surface area contributed by atoms with Crippen molar-refractivity contribution in [1.82, 2.24) is 26.2 Å². The number of hydrogen-bond donors (Lipinski definition) is 7. The minimum atomic E-state index is -0.745. The number of benzene rings is 1. The van der Waals surface area contributed by atoms with Gasteiger partial charge in [0.15, 0.2) is 0 Å². The summed E-state index contributed by atoms with van der Waals surface area (Å²) in [5, 5.41) is 20.4. The van der Waals surface area contributed by atoms with E-state index < -0.39 is 17.7 Å². The lowest BCUT2D eigenvalue weighted by molar-refractivity contribution is -0.138. The Kier molecular flexibility index (Phi) is 29.3. The molecule has 0 bridgehead atoms. The van der Waals surface area contributed by atoms with Gasteiger partial charge in [0, 0.05) is 49.8 Å². The van der Waals surface area contributed by atoms with Crippen LogP contribution in [0, 0.1) is 5.92 Å². The van der Waals surface area contributed by atoms with Crippen molar-refractivity contribution >= 4 is 68.6 Å². The van der Waals surface area contributed by atoms with Crippen molar-refractivity contribution in [2.24, 2.45) is 11.7 Å². The van der Waals surface area contributed by atoms with Crippen molar-refractivity contribution in [1.29, 1.82) is 0 Å². The molecule has 2 unspecified atom stereocenters. The Morgan fingerprint density at radius 1 is 0.889 bits per heavy atom.